The third kappa shape index (κ3) is 3.17. The molecule has 2 saturated heterocycles. The van der Waals surface area contributed by atoms with Crippen LogP contribution in [0.15, 0.2) is 54.9 Å². The number of hydrogen-bond donors (Lipinski definition) is 0. The molecule has 1 unspecified atom stereocenters. The fourth-order valence-electron chi connectivity index (χ4n) is 3.98. The summed E-state index contributed by atoms with van der Waals surface area (Å²) in [7, 11) is 0. The first-order valence-corrected chi connectivity index (χ1v) is 8.86. The Morgan fingerprint density at radius 3 is 2.50 bits per heavy atom. The molecule has 2 aromatic rings. The lowest BCUT2D eigenvalue weighted by Crippen LogP contribution is -2.51. The highest BCUT2D eigenvalue weighted by atomic mass is 16.5. The van der Waals surface area contributed by atoms with Crippen LogP contribution in [0.2, 0.25) is 0 Å². The van der Waals surface area contributed by atoms with Crippen molar-refractivity contribution in [2.24, 2.45) is 0 Å². The molecular formula is C20H25N3O. The molecule has 2 fully saturated rings. The summed E-state index contributed by atoms with van der Waals surface area (Å²) in [6, 6.07) is 15.1. The summed E-state index contributed by atoms with van der Waals surface area (Å²) in [5.74, 6) is 0. The van der Waals surface area contributed by atoms with E-state index in [2.05, 4.69) is 51.2 Å². The van der Waals surface area contributed by atoms with Gasteiger partial charge in [-0.2, -0.15) is 0 Å². The smallest absolute Gasteiger partial charge is 0.0576 e. The van der Waals surface area contributed by atoms with Crippen molar-refractivity contribution in [2.75, 3.05) is 50.8 Å². The van der Waals surface area contributed by atoms with Gasteiger partial charge in [0.25, 0.3) is 0 Å². The first kappa shape index (κ1) is 15.6. The Hall–Kier alpha value is -1.91. The molecule has 0 amide bonds. The van der Waals surface area contributed by atoms with Gasteiger partial charge in [-0.3, -0.25) is 9.88 Å². The molecule has 2 aliphatic rings. The first-order valence-electron chi connectivity index (χ1n) is 8.86. The molecule has 4 nitrogen and oxygen atoms in total. The molecule has 0 aliphatic carbocycles. The molecule has 4 heteroatoms. The number of nitrogens with zero attached hydrogens (tertiary/aromatic N) is 3. The molecule has 126 valence electrons. The second-order valence-electron chi connectivity index (χ2n) is 6.92. The highest BCUT2D eigenvalue weighted by Gasteiger charge is 2.38. The summed E-state index contributed by atoms with van der Waals surface area (Å²) in [6.45, 7) is 7.16. The van der Waals surface area contributed by atoms with Gasteiger partial charge < -0.3 is 9.64 Å². The van der Waals surface area contributed by atoms with Crippen LogP contribution in [0, 0.1) is 0 Å². The summed E-state index contributed by atoms with van der Waals surface area (Å²) < 4.78 is 5.80. The molecule has 4 rings (SSSR count). The summed E-state index contributed by atoms with van der Waals surface area (Å²) >= 11 is 0. The van der Waals surface area contributed by atoms with Gasteiger partial charge in [-0.1, -0.05) is 30.3 Å². The summed E-state index contributed by atoms with van der Waals surface area (Å²) in [4.78, 5) is 9.28. The van der Waals surface area contributed by atoms with E-state index in [1.165, 1.54) is 11.3 Å². The molecule has 3 heterocycles. The van der Waals surface area contributed by atoms with Crippen LogP contribution >= 0.6 is 0 Å². The van der Waals surface area contributed by atoms with Crippen LogP contribution in [0.4, 0.5) is 5.69 Å². The van der Waals surface area contributed by atoms with Crippen molar-refractivity contribution in [3.05, 3.63) is 60.4 Å². The highest BCUT2D eigenvalue weighted by molar-refractivity contribution is 5.44. The van der Waals surface area contributed by atoms with Gasteiger partial charge in [0.15, 0.2) is 0 Å². The van der Waals surface area contributed by atoms with Crippen molar-refractivity contribution in [1.82, 2.24) is 9.88 Å². The maximum atomic E-state index is 5.80. The number of pyridine rings is 1. The quantitative estimate of drug-likeness (QED) is 0.865. The predicted octanol–water partition coefficient (Wildman–Crippen LogP) is 2.56. The minimum atomic E-state index is 0.164. The number of rotatable bonds is 4. The Labute approximate surface area is 144 Å². The van der Waals surface area contributed by atoms with Crippen LogP contribution in [0.1, 0.15) is 12.0 Å². The second-order valence-corrected chi connectivity index (χ2v) is 6.92. The van der Waals surface area contributed by atoms with E-state index in [0.29, 0.717) is 0 Å². The van der Waals surface area contributed by atoms with Crippen LogP contribution in [0.3, 0.4) is 0 Å². The highest BCUT2D eigenvalue weighted by Crippen LogP contribution is 2.34. The molecule has 0 spiro atoms. The Bertz CT molecular complexity index is 632. The Balaban J connectivity index is 1.42. The fraction of sp³-hybridized carbons (Fsp3) is 0.450. The fourth-order valence-corrected chi connectivity index (χ4v) is 3.98. The molecule has 1 aromatic heterocycles. The van der Waals surface area contributed by atoms with Gasteiger partial charge in [0, 0.05) is 50.9 Å². The van der Waals surface area contributed by atoms with Crippen LogP contribution in [0.5, 0.6) is 0 Å². The molecule has 0 bridgehead atoms. The predicted molar refractivity (Wildman–Crippen MR) is 96.4 cm³/mol. The zero-order valence-electron chi connectivity index (χ0n) is 14.1. The van der Waals surface area contributed by atoms with E-state index >= 15 is 0 Å². The molecule has 2 aliphatic heterocycles. The Morgan fingerprint density at radius 2 is 1.83 bits per heavy atom. The SMILES string of the molecule is c1ccc(C2(CN3CCN(c4cccnc4)CC3)CCOC2)cc1. The van der Waals surface area contributed by atoms with E-state index in [0.717, 1.165) is 52.4 Å². The lowest BCUT2D eigenvalue weighted by Gasteiger charge is -2.40. The van der Waals surface area contributed by atoms with Crippen LogP contribution in [-0.2, 0) is 10.2 Å². The summed E-state index contributed by atoms with van der Waals surface area (Å²) in [6.07, 6.45) is 4.93. The maximum Gasteiger partial charge on any atom is 0.0576 e. The standard InChI is InChI=1S/C20H25N3O/c1-2-5-18(6-3-1)20(8-14-24-17-20)16-22-10-12-23(13-11-22)19-7-4-9-21-15-19/h1-7,9,15H,8,10-14,16-17H2. The van der Waals surface area contributed by atoms with Crippen LogP contribution in [0.25, 0.3) is 0 Å². The van der Waals surface area contributed by atoms with E-state index in [1.54, 1.807) is 0 Å². The molecule has 0 radical (unpaired) electrons. The Kier molecular flexibility index (Phi) is 4.50. The molecule has 1 aromatic carbocycles. The first-order chi connectivity index (χ1) is 11.9. The van der Waals surface area contributed by atoms with Gasteiger partial charge in [-0.05, 0) is 24.1 Å². The van der Waals surface area contributed by atoms with Crippen molar-refractivity contribution in [3.8, 4) is 0 Å². The van der Waals surface area contributed by atoms with Crippen molar-refractivity contribution < 1.29 is 4.74 Å². The van der Waals surface area contributed by atoms with Crippen LogP contribution < -0.4 is 4.90 Å². The maximum absolute atomic E-state index is 5.80. The number of benzene rings is 1. The minimum absolute atomic E-state index is 0.164. The number of aromatic nitrogens is 1. The number of ether oxygens (including phenoxy) is 1. The second kappa shape index (κ2) is 6.91. The third-order valence-electron chi connectivity index (χ3n) is 5.40. The van der Waals surface area contributed by atoms with Gasteiger partial charge in [-0.25, -0.2) is 0 Å². The van der Waals surface area contributed by atoms with Gasteiger partial charge in [0.05, 0.1) is 18.5 Å². The van der Waals surface area contributed by atoms with Gasteiger partial charge >= 0.3 is 0 Å². The van der Waals surface area contributed by atoms with Crippen molar-refractivity contribution in [3.63, 3.8) is 0 Å². The van der Waals surface area contributed by atoms with E-state index < -0.39 is 0 Å². The van der Waals surface area contributed by atoms with E-state index in [-0.39, 0.29) is 5.41 Å². The Morgan fingerprint density at radius 1 is 1.00 bits per heavy atom. The van der Waals surface area contributed by atoms with Crippen LogP contribution in [-0.4, -0.2) is 55.8 Å². The van der Waals surface area contributed by atoms with E-state index in [9.17, 15) is 0 Å². The van der Waals surface area contributed by atoms with E-state index in [4.69, 9.17) is 4.74 Å². The molecule has 1 atom stereocenters. The summed E-state index contributed by atoms with van der Waals surface area (Å²) in [5.41, 5.74) is 2.83. The average Bonchev–Trinajstić information content (AvgIpc) is 3.14. The molecule has 0 saturated carbocycles. The molecular weight excluding hydrogens is 298 g/mol. The third-order valence-corrected chi connectivity index (χ3v) is 5.40. The zero-order chi connectivity index (χ0) is 16.2. The number of piperazine rings is 1. The summed E-state index contributed by atoms with van der Waals surface area (Å²) in [5, 5.41) is 0. The normalized spacial score (nSPS) is 25.1. The molecule has 0 N–H and O–H groups in total. The molecule has 24 heavy (non-hydrogen) atoms. The van der Waals surface area contributed by atoms with E-state index in [1.807, 2.05) is 18.5 Å². The van der Waals surface area contributed by atoms with Crippen molar-refractivity contribution >= 4 is 5.69 Å². The topological polar surface area (TPSA) is 28.6 Å². The average molecular weight is 323 g/mol. The van der Waals surface area contributed by atoms with Gasteiger partial charge in [0.1, 0.15) is 0 Å². The largest absolute Gasteiger partial charge is 0.380 e. The van der Waals surface area contributed by atoms with Crippen molar-refractivity contribution in [2.45, 2.75) is 11.8 Å². The lowest BCUT2D eigenvalue weighted by molar-refractivity contribution is 0.147. The van der Waals surface area contributed by atoms with Gasteiger partial charge in [0.2, 0.25) is 0 Å². The number of hydrogen-bond acceptors (Lipinski definition) is 4. The number of anilines is 1. The van der Waals surface area contributed by atoms with Gasteiger partial charge in [-0.15, -0.1) is 0 Å². The van der Waals surface area contributed by atoms with Crippen molar-refractivity contribution in [1.29, 1.82) is 0 Å². The monoisotopic (exact) mass is 323 g/mol. The lowest BCUT2D eigenvalue weighted by atomic mass is 9.79. The zero-order valence-corrected chi connectivity index (χ0v) is 14.1. The minimum Gasteiger partial charge on any atom is -0.380 e.